The van der Waals surface area contributed by atoms with Crippen LogP contribution in [0.4, 0.5) is 0 Å². The minimum atomic E-state index is 0.606. The normalized spacial score (nSPS) is 38.8. The van der Waals surface area contributed by atoms with E-state index in [2.05, 4.69) is 27.7 Å². The standard InChI is InChI=1S/C17H32/c1-5-13-9-7-11-15(13)17(3,4)16-12-8-10-14(16)6-2/h13-16H,5-12H2,1-4H3. The third-order valence-electron chi connectivity index (χ3n) is 6.28. The fraction of sp³-hybridized carbons (Fsp3) is 1.00. The minimum Gasteiger partial charge on any atom is -0.0651 e. The molecule has 0 radical (unpaired) electrons. The van der Waals surface area contributed by atoms with Crippen LogP contribution in [0.2, 0.25) is 0 Å². The lowest BCUT2D eigenvalue weighted by Gasteiger charge is -2.43. The number of hydrogen-bond acceptors (Lipinski definition) is 0. The summed E-state index contributed by atoms with van der Waals surface area (Å²) >= 11 is 0. The van der Waals surface area contributed by atoms with Gasteiger partial charge in [0.15, 0.2) is 0 Å². The molecule has 0 spiro atoms. The average Bonchev–Trinajstić information content (AvgIpc) is 2.97. The lowest BCUT2D eigenvalue weighted by Crippen LogP contribution is -2.36. The molecule has 4 atom stereocenters. The first-order valence-corrected chi connectivity index (χ1v) is 8.11. The predicted molar refractivity (Wildman–Crippen MR) is 76.0 cm³/mol. The molecule has 0 saturated heterocycles. The lowest BCUT2D eigenvalue weighted by molar-refractivity contribution is 0.0567. The Hall–Kier alpha value is 0. The predicted octanol–water partition coefficient (Wildman–Crippen LogP) is 5.67. The summed E-state index contributed by atoms with van der Waals surface area (Å²) in [6.45, 7) is 10.0. The molecule has 0 amide bonds. The Morgan fingerprint density at radius 1 is 0.765 bits per heavy atom. The molecule has 100 valence electrons. The van der Waals surface area contributed by atoms with E-state index in [0.29, 0.717) is 5.41 Å². The van der Waals surface area contributed by atoms with Gasteiger partial charge < -0.3 is 0 Å². The maximum absolute atomic E-state index is 2.60. The van der Waals surface area contributed by atoms with Crippen LogP contribution in [0.25, 0.3) is 0 Å². The van der Waals surface area contributed by atoms with Crippen LogP contribution >= 0.6 is 0 Å². The molecule has 0 aliphatic heterocycles. The number of hydrogen-bond donors (Lipinski definition) is 0. The summed E-state index contributed by atoms with van der Waals surface area (Å²) in [4.78, 5) is 0. The van der Waals surface area contributed by atoms with Gasteiger partial charge in [0.25, 0.3) is 0 Å². The summed E-state index contributed by atoms with van der Waals surface area (Å²) in [6.07, 6.45) is 11.9. The summed E-state index contributed by atoms with van der Waals surface area (Å²) in [5.74, 6) is 4.10. The zero-order valence-corrected chi connectivity index (χ0v) is 12.5. The van der Waals surface area contributed by atoms with E-state index >= 15 is 0 Å². The van der Waals surface area contributed by atoms with E-state index < -0.39 is 0 Å². The molecule has 2 aliphatic carbocycles. The highest BCUT2D eigenvalue weighted by Gasteiger charge is 2.46. The highest BCUT2D eigenvalue weighted by Crippen LogP contribution is 2.55. The fourth-order valence-corrected chi connectivity index (χ4v) is 5.28. The Bertz CT molecular complexity index is 216. The Morgan fingerprint density at radius 3 is 1.53 bits per heavy atom. The summed E-state index contributed by atoms with van der Waals surface area (Å²) in [7, 11) is 0. The molecule has 0 aromatic heterocycles. The van der Waals surface area contributed by atoms with Crippen LogP contribution in [0.1, 0.15) is 79.1 Å². The quantitative estimate of drug-likeness (QED) is 0.590. The first-order chi connectivity index (χ1) is 8.11. The van der Waals surface area contributed by atoms with Gasteiger partial charge in [0.05, 0.1) is 0 Å². The molecular formula is C17H32. The summed E-state index contributed by atoms with van der Waals surface area (Å²) in [6, 6.07) is 0. The van der Waals surface area contributed by atoms with Gasteiger partial charge in [0.2, 0.25) is 0 Å². The number of rotatable bonds is 4. The van der Waals surface area contributed by atoms with Gasteiger partial charge in [-0.1, -0.05) is 66.2 Å². The third kappa shape index (κ3) is 2.42. The van der Waals surface area contributed by atoms with E-state index in [0.717, 1.165) is 23.7 Å². The highest BCUT2D eigenvalue weighted by atomic mass is 14.5. The molecule has 4 unspecified atom stereocenters. The first kappa shape index (κ1) is 13.4. The molecule has 2 saturated carbocycles. The molecule has 0 aromatic rings. The zero-order chi connectivity index (χ0) is 12.5. The maximum Gasteiger partial charge on any atom is -0.0292 e. The van der Waals surface area contributed by atoms with E-state index in [4.69, 9.17) is 0 Å². The molecule has 17 heavy (non-hydrogen) atoms. The molecule has 0 heteroatoms. The van der Waals surface area contributed by atoms with Gasteiger partial charge in [-0.2, -0.15) is 0 Å². The molecule has 2 rings (SSSR count). The van der Waals surface area contributed by atoms with Gasteiger partial charge in [-0.3, -0.25) is 0 Å². The van der Waals surface area contributed by atoms with Crippen LogP contribution in [-0.4, -0.2) is 0 Å². The van der Waals surface area contributed by atoms with E-state index in [1.807, 2.05) is 0 Å². The van der Waals surface area contributed by atoms with Gasteiger partial charge in [-0.15, -0.1) is 0 Å². The molecule has 2 aliphatic rings. The van der Waals surface area contributed by atoms with Crippen LogP contribution in [0.5, 0.6) is 0 Å². The van der Waals surface area contributed by atoms with Crippen molar-refractivity contribution in [2.75, 3.05) is 0 Å². The van der Waals surface area contributed by atoms with Crippen molar-refractivity contribution in [1.82, 2.24) is 0 Å². The highest BCUT2D eigenvalue weighted by molar-refractivity contribution is 4.95. The van der Waals surface area contributed by atoms with E-state index in [1.54, 1.807) is 0 Å². The minimum absolute atomic E-state index is 0.606. The summed E-state index contributed by atoms with van der Waals surface area (Å²) < 4.78 is 0. The van der Waals surface area contributed by atoms with Crippen molar-refractivity contribution in [2.24, 2.45) is 29.1 Å². The Balaban J connectivity index is 2.11. The van der Waals surface area contributed by atoms with Crippen LogP contribution < -0.4 is 0 Å². The molecule has 0 N–H and O–H groups in total. The molecule has 0 bridgehead atoms. The lowest BCUT2D eigenvalue weighted by atomic mass is 9.62. The molecule has 0 nitrogen and oxygen atoms in total. The fourth-order valence-electron chi connectivity index (χ4n) is 5.28. The van der Waals surface area contributed by atoms with Crippen LogP contribution in [0.15, 0.2) is 0 Å². The van der Waals surface area contributed by atoms with Crippen molar-refractivity contribution in [3.8, 4) is 0 Å². The van der Waals surface area contributed by atoms with Crippen molar-refractivity contribution < 1.29 is 0 Å². The maximum atomic E-state index is 2.60. The van der Waals surface area contributed by atoms with Crippen molar-refractivity contribution >= 4 is 0 Å². The van der Waals surface area contributed by atoms with E-state index in [-0.39, 0.29) is 0 Å². The molecule has 2 fully saturated rings. The second-order valence-electron chi connectivity index (χ2n) is 7.23. The van der Waals surface area contributed by atoms with Crippen LogP contribution in [0.3, 0.4) is 0 Å². The second-order valence-corrected chi connectivity index (χ2v) is 7.23. The second kappa shape index (κ2) is 5.33. The van der Waals surface area contributed by atoms with Gasteiger partial charge >= 0.3 is 0 Å². The summed E-state index contributed by atoms with van der Waals surface area (Å²) in [5, 5.41) is 0. The topological polar surface area (TPSA) is 0 Å². The van der Waals surface area contributed by atoms with Crippen LogP contribution in [-0.2, 0) is 0 Å². The van der Waals surface area contributed by atoms with Gasteiger partial charge in [-0.05, 0) is 41.9 Å². The molecule has 0 aromatic carbocycles. The van der Waals surface area contributed by atoms with Crippen molar-refractivity contribution in [3.63, 3.8) is 0 Å². The van der Waals surface area contributed by atoms with Crippen molar-refractivity contribution in [1.29, 1.82) is 0 Å². The van der Waals surface area contributed by atoms with Crippen molar-refractivity contribution in [3.05, 3.63) is 0 Å². The third-order valence-corrected chi connectivity index (χ3v) is 6.28. The average molecular weight is 236 g/mol. The Labute approximate surface area is 109 Å². The first-order valence-electron chi connectivity index (χ1n) is 8.11. The monoisotopic (exact) mass is 236 g/mol. The van der Waals surface area contributed by atoms with Gasteiger partial charge in [0, 0.05) is 0 Å². The molecular weight excluding hydrogens is 204 g/mol. The van der Waals surface area contributed by atoms with Gasteiger partial charge in [-0.25, -0.2) is 0 Å². The van der Waals surface area contributed by atoms with Crippen LogP contribution in [0, 0.1) is 29.1 Å². The van der Waals surface area contributed by atoms with Gasteiger partial charge in [0.1, 0.15) is 0 Å². The van der Waals surface area contributed by atoms with E-state index in [9.17, 15) is 0 Å². The summed E-state index contributed by atoms with van der Waals surface area (Å²) in [5.41, 5.74) is 0.606. The Kier molecular flexibility index (Phi) is 4.21. The molecule has 0 heterocycles. The zero-order valence-electron chi connectivity index (χ0n) is 12.5. The Morgan fingerprint density at radius 2 is 1.18 bits per heavy atom. The SMILES string of the molecule is CCC1CCCC1C(C)(C)C1CCCC1CC. The van der Waals surface area contributed by atoms with Crippen molar-refractivity contribution in [2.45, 2.75) is 79.1 Å². The largest absolute Gasteiger partial charge is 0.0651 e. The van der Waals surface area contributed by atoms with E-state index in [1.165, 1.54) is 51.4 Å². The smallest absolute Gasteiger partial charge is 0.0292 e.